The Bertz CT molecular complexity index is 1340. The van der Waals surface area contributed by atoms with Crippen molar-refractivity contribution in [1.29, 1.82) is 5.41 Å². The van der Waals surface area contributed by atoms with Crippen molar-refractivity contribution in [3.05, 3.63) is 77.6 Å². The van der Waals surface area contributed by atoms with Crippen molar-refractivity contribution in [3.8, 4) is 0 Å². The van der Waals surface area contributed by atoms with Crippen LogP contribution >= 0.6 is 0 Å². The molecule has 0 atom stereocenters. The molecule has 1 aliphatic carbocycles. The van der Waals surface area contributed by atoms with Crippen LogP contribution in [0.1, 0.15) is 47.4 Å². The van der Waals surface area contributed by atoms with E-state index in [0.717, 1.165) is 47.5 Å². The van der Waals surface area contributed by atoms with Gasteiger partial charge in [0.25, 0.3) is 5.91 Å². The van der Waals surface area contributed by atoms with Crippen LogP contribution in [0, 0.1) is 5.41 Å². The first kappa shape index (κ1) is 21.2. The summed E-state index contributed by atoms with van der Waals surface area (Å²) in [4.78, 5) is 18.0. The Kier molecular flexibility index (Phi) is 5.56. The Morgan fingerprint density at radius 1 is 1.06 bits per heavy atom. The minimum absolute atomic E-state index is 0.0145. The fraction of sp³-hybridized carbons (Fsp3) is 0.269. The number of nitrogens with two attached hydrogens (primary N) is 2. The summed E-state index contributed by atoms with van der Waals surface area (Å²) < 4.78 is 1.94. The van der Waals surface area contributed by atoms with E-state index in [9.17, 15) is 4.79 Å². The van der Waals surface area contributed by atoms with Crippen molar-refractivity contribution in [2.75, 3.05) is 0 Å². The summed E-state index contributed by atoms with van der Waals surface area (Å²) in [5.74, 6) is 0.171. The van der Waals surface area contributed by atoms with E-state index < -0.39 is 0 Å². The zero-order valence-electron chi connectivity index (χ0n) is 18.4. The predicted octanol–water partition coefficient (Wildman–Crippen LogP) is 3.52. The first-order valence-corrected chi connectivity index (χ1v) is 11.4. The van der Waals surface area contributed by atoms with Gasteiger partial charge >= 0.3 is 0 Å². The Labute approximate surface area is 192 Å². The van der Waals surface area contributed by atoms with E-state index in [1.54, 1.807) is 6.07 Å². The fourth-order valence-electron chi connectivity index (χ4n) is 4.74. The molecule has 0 aliphatic heterocycles. The van der Waals surface area contributed by atoms with Crippen LogP contribution in [-0.2, 0) is 6.54 Å². The van der Waals surface area contributed by atoms with Gasteiger partial charge in [-0.05, 0) is 60.2 Å². The summed E-state index contributed by atoms with van der Waals surface area (Å²) in [6.45, 7) is 0.484. The molecule has 6 N–H and O–H groups in total. The molecule has 1 aliphatic rings. The number of imidazole rings is 1. The lowest BCUT2D eigenvalue weighted by atomic mass is 9.92. The number of rotatable bonds is 5. The SMILES string of the molecule is N=C(N)c1ccc2nc(C(=O)NC3CCC(N)CC3)n(Cc3cccc4ccccc34)c2c1. The molecule has 4 aromatic rings. The summed E-state index contributed by atoms with van der Waals surface area (Å²) in [7, 11) is 0. The number of benzene rings is 3. The van der Waals surface area contributed by atoms with E-state index in [2.05, 4.69) is 34.6 Å². The molecule has 1 aromatic heterocycles. The summed E-state index contributed by atoms with van der Waals surface area (Å²) >= 11 is 0. The normalized spacial score (nSPS) is 18.5. The van der Waals surface area contributed by atoms with Crippen LogP contribution in [0.4, 0.5) is 0 Å². The molecule has 0 saturated heterocycles. The van der Waals surface area contributed by atoms with Gasteiger partial charge in [-0.15, -0.1) is 0 Å². The maximum atomic E-state index is 13.4. The largest absolute Gasteiger partial charge is 0.384 e. The molecule has 33 heavy (non-hydrogen) atoms. The third-order valence-electron chi connectivity index (χ3n) is 6.58. The number of nitrogens with one attached hydrogen (secondary N) is 2. The smallest absolute Gasteiger partial charge is 0.287 e. The average Bonchev–Trinajstić information content (AvgIpc) is 3.18. The Hall–Kier alpha value is -3.71. The molecule has 1 saturated carbocycles. The van der Waals surface area contributed by atoms with E-state index in [-0.39, 0.29) is 23.8 Å². The number of carbonyl (C=O) groups excluding carboxylic acids is 1. The molecule has 1 amide bonds. The van der Waals surface area contributed by atoms with E-state index >= 15 is 0 Å². The molecule has 5 rings (SSSR count). The molecule has 168 valence electrons. The Morgan fingerprint density at radius 2 is 1.82 bits per heavy atom. The molecule has 1 heterocycles. The third-order valence-corrected chi connectivity index (χ3v) is 6.58. The molecule has 1 fully saturated rings. The van der Waals surface area contributed by atoms with Gasteiger partial charge in [0.2, 0.25) is 0 Å². The van der Waals surface area contributed by atoms with Gasteiger partial charge in [0.15, 0.2) is 5.82 Å². The minimum Gasteiger partial charge on any atom is -0.384 e. The van der Waals surface area contributed by atoms with Gasteiger partial charge in [-0.2, -0.15) is 0 Å². The Morgan fingerprint density at radius 3 is 2.61 bits per heavy atom. The standard InChI is InChI=1S/C26H28N6O/c27-19-9-11-20(12-10-19)30-26(33)25-31-22-13-8-17(24(28)29)14-23(22)32(25)15-18-6-3-5-16-4-1-2-7-21(16)18/h1-8,13-14,19-20H,9-12,15,27H2,(H3,28,29)(H,30,33). The predicted molar refractivity (Wildman–Crippen MR) is 131 cm³/mol. The van der Waals surface area contributed by atoms with Gasteiger partial charge in [0, 0.05) is 17.6 Å². The van der Waals surface area contributed by atoms with E-state index in [0.29, 0.717) is 23.4 Å². The number of amides is 1. The van der Waals surface area contributed by atoms with E-state index in [1.807, 2.05) is 34.9 Å². The van der Waals surface area contributed by atoms with Gasteiger partial charge in [-0.1, -0.05) is 42.5 Å². The quantitative estimate of drug-likeness (QED) is 0.280. The van der Waals surface area contributed by atoms with Crippen LogP contribution in [0.15, 0.2) is 60.7 Å². The summed E-state index contributed by atoms with van der Waals surface area (Å²) in [5.41, 5.74) is 15.0. The second-order valence-electron chi connectivity index (χ2n) is 8.86. The number of aromatic nitrogens is 2. The van der Waals surface area contributed by atoms with E-state index in [4.69, 9.17) is 16.9 Å². The third kappa shape index (κ3) is 4.19. The number of amidine groups is 1. The lowest BCUT2D eigenvalue weighted by Crippen LogP contribution is -2.41. The molecule has 0 unspecified atom stereocenters. The van der Waals surface area contributed by atoms with Gasteiger partial charge in [0.05, 0.1) is 17.6 Å². The van der Waals surface area contributed by atoms with Crippen LogP contribution in [-0.4, -0.2) is 33.4 Å². The zero-order valence-corrected chi connectivity index (χ0v) is 18.4. The number of fused-ring (bicyclic) bond motifs is 2. The molecule has 7 nitrogen and oxygen atoms in total. The van der Waals surface area contributed by atoms with Gasteiger partial charge in [-0.3, -0.25) is 10.2 Å². The summed E-state index contributed by atoms with van der Waals surface area (Å²) in [6, 6.07) is 20.2. The number of carbonyl (C=O) groups is 1. The monoisotopic (exact) mass is 440 g/mol. The van der Waals surface area contributed by atoms with Crippen molar-refractivity contribution in [3.63, 3.8) is 0 Å². The lowest BCUT2D eigenvalue weighted by Gasteiger charge is -2.26. The summed E-state index contributed by atoms with van der Waals surface area (Å²) in [6.07, 6.45) is 3.59. The second-order valence-corrected chi connectivity index (χ2v) is 8.86. The highest BCUT2D eigenvalue weighted by molar-refractivity contribution is 6.00. The van der Waals surface area contributed by atoms with E-state index in [1.165, 1.54) is 0 Å². The van der Waals surface area contributed by atoms with Crippen LogP contribution in [0.3, 0.4) is 0 Å². The number of hydrogen-bond donors (Lipinski definition) is 4. The molecule has 7 heteroatoms. The zero-order chi connectivity index (χ0) is 22.9. The molecule has 3 aromatic carbocycles. The number of nitrogen functional groups attached to an aromatic ring is 1. The van der Waals surface area contributed by atoms with Gasteiger partial charge < -0.3 is 21.4 Å². The van der Waals surface area contributed by atoms with Crippen LogP contribution in [0.25, 0.3) is 21.8 Å². The first-order chi connectivity index (χ1) is 16.0. The topological polar surface area (TPSA) is 123 Å². The molecule has 0 radical (unpaired) electrons. The van der Waals surface area contributed by atoms with Crippen LogP contribution in [0.5, 0.6) is 0 Å². The van der Waals surface area contributed by atoms with Crippen LogP contribution < -0.4 is 16.8 Å². The van der Waals surface area contributed by atoms with Crippen molar-refractivity contribution in [1.82, 2.24) is 14.9 Å². The van der Waals surface area contributed by atoms with Gasteiger partial charge in [-0.25, -0.2) is 4.98 Å². The molecular formula is C26H28N6O. The lowest BCUT2D eigenvalue weighted by molar-refractivity contribution is 0.0912. The summed E-state index contributed by atoms with van der Waals surface area (Å²) in [5, 5.41) is 13.3. The van der Waals surface area contributed by atoms with Crippen LogP contribution in [0.2, 0.25) is 0 Å². The van der Waals surface area contributed by atoms with Crippen molar-refractivity contribution in [2.45, 2.75) is 44.3 Å². The van der Waals surface area contributed by atoms with Gasteiger partial charge in [0.1, 0.15) is 5.84 Å². The first-order valence-electron chi connectivity index (χ1n) is 11.4. The van der Waals surface area contributed by atoms with Crippen molar-refractivity contribution >= 4 is 33.5 Å². The highest BCUT2D eigenvalue weighted by Crippen LogP contribution is 2.25. The van der Waals surface area contributed by atoms with Crippen molar-refractivity contribution in [2.24, 2.45) is 11.5 Å². The Balaban J connectivity index is 1.57. The van der Waals surface area contributed by atoms with Crippen molar-refractivity contribution < 1.29 is 4.79 Å². The number of hydrogen-bond acceptors (Lipinski definition) is 4. The fourth-order valence-corrected chi connectivity index (χ4v) is 4.74. The highest BCUT2D eigenvalue weighted by Gasteiger charge is 2.24. The second kappa shape index (κ2) is 8.67. The highest BCUT2D eigenvalue weighted by atomic mass is 16.2. The maximum absolute atomic E-state index is 13.4. The molecule has 0 bridgehead atoms. The average molecular weight is 441 g/mol. The molecular weight excluding hydrogens is 412 g/mol. The minimum atomic E-state index is -0.184. The number of nitrogens with zero attached hydrogens (tertiary/aromatic N) is 2. The maximum Gasteiger partial charge on any atom is 0.287 e. The molecule has 0 spiro atoms.